The van der Waals surface area contributed by atoms with Crippen LogP contribution in [0.1, 0.15) is 25.7 Å². The van der Waals surface area contributed by atoms with Crippen molar-refractivity contribution in [1.29, 1.82) is 0 Å². The Morgan fingerprint density at radius 2 is 1.89 bits per heavy atom. The second kappa shape index (κ2) is 5.53. The van der Waals surface area contributed by atoms with Gasteiger partial charge in [0, 0.05) is 6.54 Å². The fraction of sp³-hybridized carbons (Fsp3) is 0.778. The van der Waals surface area contributed by atoms with Gasteiger partial charge in [-0.15, -0.1) is 0 Å². The van der Waals surface area contributed by atoms with E-state index < -0.39 is 27.7 Å². The van der Waals surface area contributed by atoms with Crippen molar-refractivity contribution in [3.05, 3.63) is 0 Å². The van der Waals surface area contributed by atoms with Crippen LogP contribution in [0.5, 0.6) is 0 Å². The summed E-state index contributed by atoms with van der Waals surface area (Å²) in [6, 6.07) is 0. The molecule has 1 rings (SSSR count). The SMILES string of the molecule is COC(=O)NS(=O)(=O)NCC1(C(=O)O)CCCC1. The van der Waals surface area contributed by atoms with Crippen molar-refractivity contribution in [2.75, 3.05) is 13.7 Å². The summed E-state index contributed by atoms with van der Waals surface area (Å²) in [7, 11) is -3.06. The third kappa shape index (κ3) is 3.57. The number of amides is 1. The fourth-order valence-electron chi connectivity index (χ4n) is 1.94. The Kier molecular flexibility index (Phi) is 4.52. The van der Waals surface area contributed by atoms with E-state index in [2.05, 4.69) is 9.46 Å². The molecule has 0 heterocycles. The highest BCUT2D eigenvalue weighted by Gasteiger charge is 2.42. The lowest BCUT2D eigenvalue weighted by Gasteiger charge is -2.23. The molecule has 104 valence electrons. The summed E-state index contributed by atoms with van der Waals surface area (Å²) >= 11 is 0. The van der Waals surface area contributed by atoms with E-state index in [1.807, 2.05) is 0 Å². The molecule has 0 aromatic carbocycles. The first-order valence-electron chi connectivity index (χ1n) is 5.40. The number of carboxylic acid groups (broad SMARTS) is 1. The van der Waals surface area contributed by atoms with Crippen LogP contribution < -0.4 is 9.44 Å². The monoisotopic (exact) mass is 280 g/mol. The quantitative estimate of drug-likeness (QED) is 0.642. The highest BCUT2D eigenvalue weighted by atomic mass is 32.2. The van der Waals surface area contributed by atoms with Crippen LogP contribution in [-0.4, -0.2) is 39.2 Å². The molecular weight excluding hydrogens is 264 g/mol. The molecule has 8 nitrogen and oxygen atoms in total. The number of hydrogen-bond acceptors (Lipinski definition) is 5. The van der Waals surface area contributed by atoms with Crippen molar-refractivity contribution in [3.63, 3.8) is 0 Å². The van der Waals surface area contributed by atoms with Gasteiger partial charge in [0.25, 0.3) is 0 Å². The maximum Gasteiger partial charge on any atom is 0.421 e. The van der Waals surface area contributed by atoms with Gasteiger partial charge in [-0.25, -0.2) is 9.52 Å². The predicted molar refractivity (Wildman–Crippen MR) is 61.0 cm³/mol. The molecule has 1 fully saturated rings. The Hall–Kier alpha value is -1.35. The fourth-order valence-corrected chi connectivity index (χ4v) is 2.78. The van der Waals surface area contributed by atoms with Crippen molar-refractivity contribution in [2.24, 2.45) is 5.41 Å². The molecule has 0 unspecified atom stereocenters. The molecule has 3 N–H and O–H groups in total. The predicted octanol–water partition coefficient (Wildman–Crippen LogP) is -0.178. The number of carboxylic acids is 1. The van der Waals surface area contributed by atoms with Crippen LogP contribution in [0.2, 0.25) is 0 Å². The number of rotatable bonds is 5. The minimum atomic E-state index is -4.09. The average Bonchev–Trinajstić information content (AvgIpc) is 2.76. The zero-order valence-electron chi connectivity index (χ0n) is 9.93. The van der Waals surface area contributed by atoms with Crippen molar-refractivity contribution in [3.8, 4) is 0 Å². The van der Waals surface area contributed by atoms with Crippen LogP contribution in [0.4, 0.5) is 4.79 Å². The molecule has 1 saturated carbocycles. The number of aliphatic carboxylic acids is 1. The zero-order chi connectivity index (χ0) is 13.8. The maximum absolute atomic E-state index is 11.4. The molecule has 1 aliphatic rings. The van der Waals surface area contributed by atoms with Crippen LogP contribution in [0.15, 0.2) is 0 Å². The standard InChI is InChI=1S/C9H16N2O6S/c1-17-8(14)11-18(15,16)10-6-9(7(12)13)4-2-3-5-9/h10H,2-6H2,1H3,(H,11,14)(H,12,13). The maximum atomic E-state index is 11.4. The van der Waals surface area contributed by atoms with Gasteiger partial charge in [-0.3, -0.25) is 4.79 Å². The molecule has 0 bridgehead atoms. The minimum Gasteiger partial charge on any atom is -0.481 e. The normalized spacial score (nSPS) is 18.3. The Morgan fingerprint density at radius 1 is 1.33 bits per heavy atom. The summed E-state index contributed by atoms with van der Waals surface area (Å²) in [4.78, 5) is 21.9. The molecule has 18 heavy (non-hydrogen) atoms. The number of ether oxygens (including phenoxy) is 1. The second-order valence-electron chi connectivity index (χ2n) is 4.21. The first-order chi connectivity index (χ1) is 8.31. The van der Waals surface area contributed by atoms with Crippen molar-refractivity contribution < 1.29 is 27.9 Å². The van der Waals surface area contributed by atoms with Crippen LogP contribution in [0.25, 0.3) is 0 Å². The van der Waals surface area contributed by atoms with Gasteiger partial charge >= 0.3 is 22.3 Å². The minimum absolute atomic E-state index is 0.241. The van der Waals surface area contributed by atoms with E-state index in [0.717, 1.165) is 20.0 Å². The number of hydrogen-bond donors (Lipinski definition) is 3. The third-order valence-corrected chi connectivity index (χ3v) is 3.98. The van der Waals surface area contributed by atoms with E-state index in [9.17, 15) is 18.0 Å². The van der Waals surface area contributed by atoms with Gasteiger partial charge in [0.1, 0.15) is 0 Å². The summed E-state index contributed by atoms with van der Waals surface area (Å²) < 4.78 is 30.6. The number of nitrogens with one attached hydrogen (secondary N) is 2. The largest absolute Gasteiger partial charge is 0.481 e. The van der Waals surface area contributed by atoms with Gasteiger partial charge in [-0.1, -0.05) is 12.8 Å². The molecule has 0 aromatic heterocycles. The van der Waals surface area contributed by atoms with E-state index in [1.165, 1.54) is 0 Å². The Balaban J connectivity index is 2.63. The summed E-state index contributed by atoms with van der Waals surface area (Å²) in [6.45, 7) is -0.241. The molecule has 9 heteroatoms. The number of methoxy groups -OCH3 is 1. The van der Waals surface area contributed by atoms with Gasteiger partial charge in [0.15, 0.2) is 0 Å². The van der Waals surface area contributed by atoms with Gasteiger partial charge in [-0.2, -0.15) is 13.1 Å². The Bertz CT molecular complexity index is 426. The average molecular weight is 280 g/mol. The van der Waals surface area contributed by atoms with Crippen LogP contribution in [-0.2, 0) is 19.7 Å². The molecule has 1 aliphatic carbocycles. The molecule has 0 atom stereocenters. The van der Waals surface area contributed by atoms with Crippen molar-refractivity contribution >= 4 is 22.3 Å². The Labute approximate surface area is 105 Å². The lowest BCUT2D eigenvalue weighted by Crippen LogP contribution is -2.46. The first-order valence-corrected chi connectivity index (χ1v) is 6.88. The smallest absolute Gasteiger partial charge is 0.421 e. The zero-order valence-corrected chi connectivity index (χ0v) is 10.7. The van der Waals surface area contributed by atoms with Gasteiger partial charge < -0.3 is 9.84 Å². The molecule has 0 aliphatic heterocycles. The van der Waals surface area contributed by atoms with E-state index >= 15 is 0 Å². The summed E-state index contributed by atoms with van der Waals surface area (Å²) in [6.07, 6.45) is 1.21. The van der Waals surface area contributed by atoms with Crippen LogP contribution >= 0.6 is 0 Å². The van der Waals surface area contributed by atoms with Gasteiger partial charge in [-0.05, 0) is 12.8 Å². The molecule has 0 aromatic rings. The summed E-state index contributed by atoms with van der Waals surface area (Å²) in [5.74, 6) is -1.03. The first kappa shape index (κ1) is 14.7. The number of carbonyl (C=O) groups excluding carboxylic acids is 1. The van der Waals surface area contributed by atoms with E-state index in [-0.39, 0.29) is 6.54 Å². The van der Waals surface area contributed by atoms with E-state index in [0.29, 0.717) is 12.8 Å². The van der Waals surface area contributed by atoms with Crippen molar-refractivity contribution in [1.82, 2.24) is 9.44 Å². The molecule has 1 amide bonds. The second-order valence-corrected chi connectivity index (χ2v) is 5.71. The van der Waals surface area contributed by atoms with E-state index in [4.69, 9.17) is 5.11 Å². The van der Waals surface area contributed by atoms with Crippen LogP contribution in [0, 0.1) is 5.41 Å². The Morgan fingerprint density at radius 3 is 2.33 bits per heavy atom. The van der Waals surface area contributed by atoms with Gasteiger partial charge in [0.2, 0.25) is 0 Å². The summed E-state index contributed by atoms with van der Waals surface area (Å²) in [5, 5.41) is 9.14. The topological polar surface area (TPSA) is 122 Å². The highest BCUT2D eigenvalue weighted by Crippen LogP contribution is 2.37. The molecule has 0 spiro atoms. The summed E-state index contributed by atoms with van der Waals surface area (Å²) in [5.41, 5.74) is -1.08. The van der Waals surface area contributed by atoms with Crippen LogP contribution in [0.3, 0.4) is 0 Å². The molecule has 0 saturated heterocycles. The lowest BCUT2D eigenvalue weighted by molar-refractivity contribution is -0.148. The van der Waals surface area contributed by atoms with Gasteiger partial charge in [0.05, 0.1) is 12.5 Å². The lowest BCUT2D eigenvalue weighted by atomic mass is 9.87. The highest BCUT2D eigenvalue weighted by molar-refractivity contribution is 7.88. The molecule has 0 radical (unpaired) electrons. The van der Waals surface area contributed by atoms with Crippen molar-refractivity contribution in [2.45, 2.75) is 25.7 Å². The molecular formula is C9H16N2O6S. The third-order valence-electron chi connectivity index (χ3n) is 3.02. The number of carbonyl (C=O) groups is 2. The van der Waals surface area contributed by atoms with E-state index in [1.54, 1.807) is 4.72 Å².